The minimum Gasteiger partial charge on any atom is -0.454 e. The predicted octanol–water partition coefficient (Wildman–Crippen LogP) is 3.47. The number of aliphatic imine (C=N–C) groups is 1. The van der Waals surface area contributed by atoms with Crippen molar-refractivity contribution in [2.75, 3.05) is 6.79 Å². The molecule has 2 heterocycles. The number of hydrogen-bond acceptors (Lipinski definition) is 5. The van der Waals surface area contributed by atoms with Crippen molar-refractivity contribution in [3.8, 4) is 11.5 Å². The molecule has 2 aromatic carbocycles. The summed E-state index contributed by atoms with van der Waals surface area (Å²) in [6.07, 6.45) is 1.73. The molecule has 0 saturated carbocycles. The molecule has 6 nitrogen and oxygen atoms in total. The Morgan fingerprint density at radius 2 is 2.00 bits per heavy atom. The van der Waals surface area contributed by atoms with Crippen LogP contribution >= 0.6 is 12.2 Å². The smallest absolute Gasteiger partial charge is 0.249 e. The molecule has 1 N–H and O–H groups in total. The van der Waals surface area contributed by atoms with Gasteiger partial charge in [-0.05, 0) is 41.5 Å². The summed E-state index contributed by atoms with van der Waals surface area (Å²) in [7, 11) is 0. The molecule has 0 radical (unpaired) electrons. The highest BCUT2D eigenvalue weighted by Gasteiger charge is 2.12. The first-order chi connectivity index (χ1) is 11.8. The minimum atomic E-state index is 0.256. The second-order valence-electron chi connectivity index (χ2n) is 5.27. The van der Waals surface area contributed by atoms with E-state index >= 15 is 0 Å². The molecule has 0 aliphatic carbocycles. The van der Waals surface area contributed by atoms with Crippen LogP contribution in [0.15, 0.2) is 53.5 Å². The summed E-state index contributed by atoms with van der Waals surface area (Å²) in [5.41, 5.74) is 2.04. The maximum absolute atomic E-state index is 5.37. The third kappa shape index (κ3) is 2.93. The summed E-state index contributed by atoms with van der Waals surface area (Å²) >= 11 is 5.30. The first kappa shape index (κ1) is 14.6. The van der Waals surface area contributed by atoms with E-state index in [0.717, 1.165) is 22.6 Å². The Labute approximate surface area is 143 Å². The fourth-order valence-corrected chi connectivity index (χ4v) is 2.63. The molecule has 0 unspecified atom stereocenters. The number of aromatic nitrogens is 3. The van der Waals surface area contributed by atoms with Crippen LogP contribution in [0.25, 0.3) is 0 Å². The summed E-state index contributed by atoms with van der Waals surface area (Å²) < 4.78 is 13.1. The van der Waals surface area contributed by atoms with Crippen LogP contribution in [0.2, 0.25) is 0 Å². The standard InChI is InChI=1S/C17H14N4O2S/c24-17-20-19-16(21(17)10-12-4-2-1-3-5-12)18-9-13-6-7-14-15(8-13)23-11-22-14/h1-9H,10-11H2,(H,20,24)/b18-9+. The zero-order valence-electron chi connectivity index (χ0n) is 12.7. The van der Waals surface area contributed by atoms with Gasteiger partial charge in [0.05, 0.1) is 6.54 Å². The molecule has 0 fully saturated rings. The molecule has 24 heavy (non-hydrogen) atoms. The number of benzene rings is 2. The van der Waals surface area contributed by atoms with Gasteiger partial charge in [-0.1, -0.05) is 30.3 Å². The molecule has 1 aliphatic rings. The molecule has 3 aromatic rings. The third-order valence-electron chi connectivity index (χ3n) is 3.65. The number of hydrogen-bond donors (Lipinski definition) is 1. The summed E-state index contributed by atoms with van der Waals surface area (Å²) in [6.45, 7) is 0.871. The largest absolute Gasteiger partial charge is 0.454 e. The van der Waals surface area contributed by atoms with Crippen LogP contribution in [0, 0.1) is 4.77 Å². The van der Waals surface area contributed by atoms with Crippen molar-refractivity contribution in [3.05, 3.63) is 64.4 Å². The van der Waals surface area contributed by atoms with Gasteiger partial charge >= 0.3 is 0 Å². The van der Waals surface area contributed by atoms with Crippen LogP contribution in [0.4, 0.5) is 5.95 Å². The first-order valence-electron chi connectivity index (χ1n) is 7.42. The van der Waals surface area contributed by atoms with Gasteiger partial charge in [-0.3, -0.25) is 4.57 Å². The van der Waals surface area contributed by atoms with Crippen molar-refractivity contribution in [1.82, 2.24) is 14.8 Å². The van der Waals surface area contributed by atoms with Crippen molar-refractivity contribution < 1.29 is 9.47 Å². The second kappa shape index (κ2) is 6.29. The Morgan fingerprint density at radius 1 is 1.17 bits per heavy atom. The van der Waals surface area contributed by atoms with E-state index in [9.17, 15) is 0 Å². The molecule has 0 bridgehead atoms. The molecule has 120 valence electrons. The van der Waals surface area contributed by atoms with E-state index in [2.05, 4.69) is 15.2 Å². The molecule has 0 saturated heterocycles. The van der Waals surface area contributed by atoms with E-state index in [4.69, 9.17) is 21.7 Å². The molecule has 7 heteroatoms. The fourth-order valence-electron chi connectivity index (χ4n) is 2.44. The van der Waals surface area contributed by atoms with Crippen molar-refractivity contribution >= 4 is 24.4 Å². The first-order valence-corrected chi connectivity index (χ1v) is 7.83. The van der Waals surface area contributed by atoms with E-state index in [1.54, 1.807) is 6.21 Å². The van der Waals surface area contributed by atoms with Crippen LogP contribution in [0.1, 0.15) is 11.1 Å². The lowest BCUT2D eigenvalue weighted by Crippen LogP contribution is -1.99. The van der Waals surface area contributed by atoms with Crippen LogP contribution < -0.4 is 9.47 Å². The second-order valence-corrected chi connectivity index (χ2v) is 5.66. The highest BCUT2D eigenvalue weighted by Crippen LogP contribution is 2.32. The monoisotopic (exact) mass is 338 g/mol. The number of ether oxygens (including phenoxy) is 2. The van der Waals surface area contributed by atoms with Crippen LogP contribution in [0.5, 0.6) is 11.5 Å². The molecular weight excluding hydrogens is 324 g/mol. The number of nitrogens with one attached hydrogen (secondary N) is 1. The zero-order chi connectivity index (χ0) is 16.4. The van der Waals surface area contributed by atoms with Gasteiger partial charge in [-0.25, -0.2) is 10.1 Å². The normalized spacial score (nSPS) is 12.8. The van der Waals surface area contributed by atoms with Gasteiger partial charge in [0.15, 0.2) is 16.3 Å². The number of H-pyrrole nitrogens is 1. The molecule has 4 rings (SSSR count). The van der Waals surface area contributed by atoms with Gasteiger partial charge in [-0.15, -0.1) is 5.10 Å². The highest BCUT2D eigenvalue weighted by atomic mass is 32.1. The maximum Gasteiger partial charge on any atom is 0.249 e. The van der Waals surface area contributed by atoms with Crippen molar-refractivity contribution in [2.45, 2.75) is 6.54 Å². The average Bonchev–Trinajstić information content (AvgIpc) is 3.21. The summed E-state index contributed by atoms with van der Waals surface area (Å²) in [6, 6.07) is 15.7. The van der Waals surface area contributed by atoms with Gasteiger partial charge in [0.2, 0.25) is 12.7 Å². The number of rotatable bonds is 4. The maximum atomic E-state index is 5.37. The van der Waals surface area contributed by atoms with Crippen molar-refractivity contribution in [1.29, 1.82) is 0 Å². The fraction of sp³-hybridized carbons (Fsp3) is 0.118. The Balaban J connectivity index is 1.60. The molecular formula is C17H14N4O2S. The summed E-state index contributed by atoms with van der Waals surface area (Å²) in [4.78, 5) is 4.45. The highest BCUT2D eigenvalue weighted by molar-refractivity contribution is 7.71. The van der Waals surface area contributed by atoms with Gasteiger partial charge in [0.25, 0.3) is 0 Å². The lowest BCUT2D eigenvalue weighted by Gasteiger charge is -2.03. The number of nitrogens with zero attached hydrogens (tertiary/aromatic N) is 3. The van der Waals surface area contributed by atoms with E-state index in [1.165, 1.54) is 0 Å². The zero-order valence-corrected chi connectivity index (χ0v) is 13.5. The van der Waals surface area contributed by atoms with Crippen molar-refractivity contribution in [2.24, 2.45) is 4.99 Å². The van der Waals surface area contributed by atoms with Gasteiger partial charge in [-0.2, -0.15) is 0 Å². The molecule has 0 spiro atoms. The van der Waals surface area contributed by atoms with Crippen molar-refractivity contribution in [3.63, 3.8) is 0 Å². The molecule has 1 aliphatic heterocycles. The van der Waals surface area contributed by atoms with E-state index < -0.39 is 0 Å². The number of fused-ring (bicyclic) bond motifs is 1. The summed E-state index contributed by atoms with van der Waals surface area (Å²) in [5, 5.41) is 6.98. The number of aromatic amines is 1. The van der Waals surface area contributed by atoms with Gasteiger partial charge in [0.1, 0.15) is 0 Å². The Kier molecular flexibility index (Phi) is 3.84. The topological polar surface area (TPSA) is 64.4 Å². The average molecular weight is 338 g/mol. The van der Waals surface area contributed by atoms with E-state index in [-0.39, 0.29) is 6.79 Å². The quantitative estimate of drug-likeness (QED) is 0.584. The Bertz CT molecular complexity index is 947. The summed E-state index contributed by atoms with van der Waals surface area (Å²) in [5.74, 6) is 2.00. The molecule has 1 aromatic heterocycles. The van der Waals surface area contributed by atoms with Crippen LogP contribution in [-0.4, -0.2) is 27.8 Å². The van der Waals surface area contributed by atoms with Crippen LogP contribution in [-0.2, 0) is 6.54 Å². The minimum absolute atomic E-state index is 0.256. The SMILES string of the molecule is S=c1[nH]nc(/N=C/c2ccc3c(c2)OCO3)n1Cc1ccccc1. The van der Waals surface area contributed by atoms with Crippen LogP contribution in [0.3, 0.4) is 0 Å². The molecule has 0 amide bonds. The van der Waals surface area contributed by atoms with E-state index in [0.29, 0.717) is 17.3 Å². The molecule has 0 atom stereocenters. The lowest BCUT2D eigenvalue weighted by molar-refractivity contribution is 0.174. The van der Waals surface area contributed by atoms with Gasteiger partial charge in [0, 0.05) is 6.21 Å². The Hall–Kier alpha value is -2.93. The van der Waals surface area contributed by atoms with Gasteiger partial charge < -0.3 is 9.47 Å². The predicted molar refractivity (Wildman–Crippen MR) is 92.8 cm³/mol. The Morgan fingerprint density at radius 3 is 2.88 bits per heavy atom. The lowest BCUT2D eigenvalue weighted by atomic mass is 10.2. The third-order valence-corrected chi connectivity index (χ3v) is 3.96. The van der Waals surface area contributed by atoms with E-state index in [1.807, 2.05) is 53.1 Å².